The van der Waals surface area contributed by atoms with E-state index in [1.54, 1.807) is 23.2 Å². The van der Waals surface area contributed by atoms with E-state index < -0.39 is 0 Å². The van der Waals surface area contributed by atoms with Crippen LogP contribution < -0.4 is 11.1 Å². The Kier molecular flexibility index (Phi) is 5.05. The van der Waals surface area contributed by atoms with Crippen molar-refractivity contribution < 1.29 is 0 Å². The van der Waals surface area contributed by atoms with Crippen LogP contribution in [0.3, 0.4) is 0 Å². The van der Waals surface area contributed by atoms with E-state index in [4.69, 9.17) is 0 Å². The Hall–Kier alpha value is -2.32. The zero-order chi connectivity index (χ0) is 20.0. The van der Waals surface area contributed by atoms with Crippen molar-refractivity contribution in [3.63, 3.8) is 0 Å². The third-order valence-electron chi connectivity index (χ3n) is 4.71. The highest BCUT2D eigenvalue weighted by Crippen LogP contribution is 2.25. The van der Waals surface area contributed by atoms with E-state index in [2.05, 4.69) is 9.97 Å². The van der Waals surface area contributed by atoms with Crippen LogP contribution in [-0.2, 0) is 14.1 Å². The van der Waals surface area contributed by atoms with Gasteiger partial charge in [0.15, 0.2) is 0 Å². The van der Waals surface area contributed by atoms with Crippen LogP contribution >= 0.6 is 22.7 Å². The summed E-state index contributed by atoms with van der Waals surface area (Å²) >= 11 is 3.04. The van der Waals surface area contributed by atoms with Gasteiger partial charge in [0.2, 0.25) is 0 Å². The zero-order valence-corrected chi connectivity index (χ0v) is 18.1. The molecule has 4 aromatic rings. The van der Waals surface area contributed by atoms with Crippen molar-refractivity contribution in [1.82, 2.24) is 19.1 Å². The highest BCUT2D eigenvalue weighted by atomic mass is 32.1. The van der Waals surface area contributed by atoms with Gasteiger partial charge in [0.25, 0.3) is 11.1 Å². The summed E-state index contributed by atoms with van der Waals surface area (Å²) in [6.45, 7) is 9.72. The molecule has 0 spiro atoms. The molecule has 4 heterocycles. The van der Waals surface area contributed by atoms with Gasteiger partial charge in [-0.05, 0) is 46.2 Å². The largest absolute Gasteiger partial charge is 0.299 e. The molecule has 0 amide bonds. The third-order valence-corrected chi connectivity index (χ3v) is 6.93. The first-order valence-corrected chi connectivity index (χ1v) is 10.1. The molecule has 0 unspecified atom stereocenters. The molecule has 4 aromatic heterocycles. The third kappa shape index (κ3) is 3.35. The summed E-state index contributed by atoms with van der Waals surface area (Å²) in [7, 11) is 3.51. The van der Waals surface area contributed by atoms with Gasteiger partial charge in [-0.1, -0.05) is 0 Å². The molecule has 0 fully saturated rings. The minimum Gasteiger partial charge on any atom is -0.299 e. The summed E-state index contributed by atoms with van der Waals surface area (Å²) in [6, 6.07) is 1.95. The summed E-state index contributed by atoms with van der Waals surface area (Å²) in [5.74, 6) is 1.53. The van der Waals surface area contributed by atoms with Crippen LogP contribution in [0, 0.1) is 34.6 Å². The second kappa shape index (κ2) is 7.01. The number of rotatable bonds is 0. The molecule has 0 aliphatic carbocycles. The van der Waals surface area contributed by atoms with Crippen LogP contribution in [0.25, 0.3) is 20.4 Å². The van der Waals surface area contributed by atoms with Gasteiger partial charge in [-0.15, -0.1) is 22.7 Å². The summed E-state index contributed by atoms with van der Waals surface area (Å²) in [6.07, 6.45) is 0. The molecule has 4 rings (SSSR count). The summed E-state index contributed by atoms with van der Waals surface area (Å²) in [5.41, 5.74) is 2.94. The van der Waals surface area contributed by atoms with Crippen LogP contribution in [0.1, 0.15) is 27.0 Å². The van der Waals surface area contributed by atoms with Crippen LogP contribution in [0.2, 0.25) is 0 Å². The van der Waals surface area contributed by atoms with Crippen molar-refractivity contribution in [3.8, 4) is 0 Å². The molecule has 0 radical (unpaired) electrons. The smallest absolute Gasteiger partial charge is 0.271 e. The molecule has 0 aromatic carbocycles. The average Bonchev–Trinajstić information content (AvgIpc) is 3.12. The molecule has 0 saturated heterocycles. The van der Waals surface area contributed by atoms with E-state index in [0.29, 0.717) is 0 Å². The van der Waals surface area contributed by atoms with Gasteiger partial charge in [0.1, 0.15) is 21.0 Å². The number of nitrogens with zero attached hydrogens (tertiary/aromatic N) is 4. The van der Waals surface area contributed by atoms with Gasteiger partial charge in [-0.2, -0.15) is 0 Å². The minimum atomic E-state index is 0.0561. The Morgan fingerprint density at radius 1 is 0.815 bits per heavy atom. The molecule has 0 saturated carbocycles. The predicted octanol–water partition coefficient (Wildman–Crippen LogP) is 3.53. The van der Waals surface area contributed by atoms with E-state index in [0.717, 1.165) is 42.5 Å². The van der Waals surface area contributed by atoms with Gasteiger partial charge >= 0.3 is 0 Å². The highest BCUT2D eigenvalue weighted by molar-refractivity contribution is 7.19. The maximum Gasteiger partial charge on any atom is 0.271 e. The number of aromatic nitrogens is 4. The quantitative estimate of drug-likeness (QED) is 0.451. The Labute approximate surface area is 164 Å². The number of hydrogen-bond donors (Lipinski definition) is 0. The molecule has 0 aliphatic heterocycles. The van der Waals surface area contributed by atoms with Crippen molar-refractivity contribution in [2.45, 2.75) is 34.6 Å². The van der Waals surface area contributed by atoms with E-state index in [9.17, 15) is 9.59 Å². The summed E-state index contributed by atoms with van der Waals surface area (Å²) in [5, 5.41) is 0. The lowest BCUT2D eigenvalue weighted by molar-refractivity contribution is 0.794. The number of aryl methyl sites for hydroxylation is 5. The second-order valence-electron chi connectivity index (χ2n) is 6.58. The van der Waals surface area contributed by atoms with Gasteiger partial charge < -0.3 is 0 Å². The van der Waals surface area contributed by atoms with Crippen molar-refractivity contribution in [3.05, 3.63) is 53.7 Å². The lowest BCUT2D eigenvalue weighted by atomic mass is 10.2. The topological polar surface area (TPSA) is 69.8 Å². The van der Waals surface area contributed by atoms with Gasteiger partial charge in [-0.25, -0.2) is 9.97 Å². The molecule has 6 nitrogen and oxygen atoms in total. The lowest BCUT2D eigenvalue weighted by Gasteiger charge is -2.01. The Morgan fingerprint density at radius 2 is 1.37 bits per heavy atom. The molecule has 8 heteroatoms. The van der Waals surface area contributed by atoms with Gasteiger partial charge in [-0.3, -0.25) is 18.7 Å². The number of thiophene rings is 2. The molecule has 0 N–H and O–H groups in total. The fraction of sp³-hybridized carbons (Fsp3) is 0.368. The SMILES string of the molecule is Cc1cc2nc(C)n(C)c(=O)c2s1.Cc1sc2c(=O)n(C)c(C)nc2c1C. The fourth-order valence-electron chi connectivity index (χ4n) is 2.72. The Balaban J connectivity index is 0.000000156. The monoisotopic (exact) mass is 402 g/mol. The molecule has 27 heavy (non-hydrogen) atoms. The number of fused-ring (bicyclic) bond motifs is 2. The van der Waals surface area contributed by atoms with Gasteiger partial charge in [0, 0.05) is 23.8 Å². The van der Waals surface area contributed by atoms with Crippen molar-refractivity contribution in [2.75, 3.05) is 0 Å². The first-order valence-electron chi connectivity index (χ1n) is 8.49. The Bertz CT molecular complexity index is 1290. The van der Waals surface area contributed by atoms with Crippen molar-refractivity contribution in [1.29, 1.82) is 0 Å². The molecule has 0 atom stereocenters. The average molecular weight is 403 g/mol. The van der Waals surface area contributed by atoms with Crippen LogP contribution in [0.4, 0.5) is 0 Å². The fourth-order valence-corrected chi connectivity index (χ4v) is 4.72. The van der Waals surface area contributed by atoms with Crippen LogP contribution in [0.5, 0.6) is 0 Å². The minimum absolute atomic E-state index is 0.0561. The van der Waals surface area contributed by atoms with Gasteiger partial charge in [0.05, 0.1) is 11.0 Å². The number of hydrogen-bond acceptors (Lipinski definition) is 6. The molecular formula is C19H22N4O2S2. The van der Waals surface area contributed by atoms with Crippen molar-refractivity contribution in [2.24, 2.45) is 14.1 Å². The van der Waals surface area contributed by atoms with Crippen LogP contribution in [0.15, 0.2) is 15.7 Å². The highest BCUT2D eigenvalue weighted by Gasteiger charge is 2.12. The molecule has 142 valence electrons. The van der Waals surface area contributed by atoms with Crippen LogP contribution in [-0.4, -0.2) is 19.1 Å². The first kappa shape index (κ1) is 19.4. The van der Waals surface area contributed by atoms with Crippen molar-refractivity contribution >= 4 is 43.1 Å². The maximum absolute atomic E-state index is 11.8. The summed E-state index contributed by atoms with van der Waals surface area (Å²) in [4.78, 5) is 34.6. The molecule has 0 aliphatic rings. The molecular weight excluding hydrogens is 380 g/mol. The predicted molar refractivity (Wildman–Crippen MR) is 113 cm³/mol. The summed E-state index contributed by atoms with van der Waals surface area (Å²) < 4.78 is 4.70. The first-order chi connectivity index (χ1) is 12.6. The van der Waals surface area contributed by atoms with E-state index in [1.165, 1.54) is 27.6 Å². The zero-order valence-electron chi connectivity index (χ0n) is 16.5. The maximum atomic E-state index is 11.8. The van der Waals surface area contributed by atoms with E-state index in [1.807, 2.05) is 40.7 Å². The molecule has 0 bridgehead atoms. The second-order valence-corrected chi connectivity index (χ2v) is 9.06. The normalized spacial score (nSPS) is 11.1. The standard InChI is InChI=1S/C10H12N2OS.C9H10N2OS/c1-5-6(2)14-9-8(5)11-7(3)12(4)10(9)13;1-5-4-7-8(13-5)9(12)11(3)6(2)10-7/h1-4H3;4H,1-3H3. The Morgan fingerprint density at radius 3 is 2.00 bits per heavy atom. The lowest BCUT2D eigenvalue weighted by Crippen LogP contribution is -2.19. The van der Waals surface area contributed by atoms with E-state index in [-0.39, 0.29) is 11.1 Å². The van der Waals surface area contributed by atoms with E-state index >= 15 is 0 Å².